The quantitative estimate of drug-likeness (QED) is 0.237. The van der Waals surface area contributed by atoms with Gasteiger partial charge in [-0.1, -0.05) is 60.7 Å². The van der Waals surface area contributed by atoms with Crippen molar-refractivity contribution in [3.05, 3.63) is 108 Å². The number of aliphatic hydroxyl groups is 6. The zero-order chi connectivity index (χ0) is 23.7. The van der Waals surface area contributed by atoms with Gasteiger partial charge in [0.2, 0.25) is 0 Å². The highest BCUT2D eigenvalue weighted by molar-refractivity contribution is 5.53. The van der Waals surface area contributed by atoms with Crippen LogP contribution in [0.15, 0.2) is 85.4 Å². The van der Waals surface area contributed by atoms with Crippen molar-refractivity contribution in [3.63, 3.8) is 0 Å². The fourth-order valence-corrected chi connectivity index (χ4v) is 3.07. The highest BCUT2D eigenvalue weighted by Crippen LogP contribution is 2.19. The van der Waals surface area contributed by atoms with Crippen LogP contribution >= 0.6 is 0 Å². The minimum atomic E-state index is -1.95. The van der Waals surface area contributed by atoms with Crippen molar-refractivity contribution in [3.8, 4) is 0 Å². The second kappa shape index (κ2) is 12.0. The van der Waals surface area contributed by atoms with Gasteiger partial charge in [-0.15, -0.1) is 13.2 Å². The average Bonchev–Trinajstić information content (AvgIpc) is 2.80. The van der Waals surface area contributed by atoms with Crippen LogP contribution < -0.4 is 0 Å². The Morgan fingerprint density at radius 2 is 0.938 bits per heavy atom. The largest absolute Gasteiger partial charge is 0.509 e. The van der Waals surface area contributed by atoms with Gasteiger partial charge in [-0.2, -0.15) is 0 Å². The molecule has 0 saturated carbocycles. The predicted octanol–water partition coefficient (Wildman–Crippen LogP) is 3.09. The zero-order valence-electron chi connectivity index (χ0n) is 17.7. The smallest absolute Gasteiger partial charge is 0.139 e. The molecular formula is C26H30O6. The summed E-state index contributed by atoms with van der Waals surface area (Å²) < 4.78 is 0. The maximum Gasteiger partial charge on any atom is 0.139 e. The number of benzene rings is 2. The molecule has 0 aliphatic carbocycles. The lowest BCUT2D eigenvalue weighted by atomic mass is 9.98. The van der Waals surface area contributed by atoms with Crippen LogP contribution in [0.3, 0.4) is 0 Å². The van der Waals surface area contributed by atoms with E-state index in [0.717, 1.165) is 11.1 Å². The third-order valence-corrected chi connectivity index (χ3v) is 4.95. The molecule has 0 heterocycles. The molecule has 2 aromatic rings. The first-order valence-corrected chi connectivity index (χ1v) is 10.2. The Bertz CT molecular complexity index is 864. The number of hydrogen-bond donors (Lipinski definition) is 6. The van der Waals surface area contributed by atoms with Gasteiger partial charge < -0.3 is 30.6 Å². The normalized spacial score (nSPS) is 16.1. The van der Waals surface area contributed by atoms with Gasteiger partial charge in [0.1, 0.15) is 35.9 Å². The summed E-state index contributed by atoms with van der Waals surface area (Å²) in [6.07, 6.45) is -0.269. The van der Waals surface area contributed by atoms with Crippen LogP contribution in [-0.2, 0) is 12.8 Å². The van der Waals surface area contributed by atoms with Gasteiger partial charge in [0, 0.05) is 0 Å². The van der Waals surface area contributed by atoms with Gasteiger partial charge >= 0.3 is 0 Å². The number of allylic oxidation sites excluding steroid dienone is 2. The highest BCUT2D eigenvalue weighted by Gasteiger charge is 2.34. The Morgan fingerprint density at radius 1 is 0.625 bits per heavy atom. The van der Waals surface area contributed by atoms with E-state index in [1.54, 1.807) is 36.4 Å². The number of aliphatic hydroxyl groups excluding tert-OH is 6. The first-order valence-electron chi connectivity index (χ1n) is 10.2. The van der Waals surface area contributed by atoms with E-state index < -0.39 is 35.9 Å². The third-order valence-electron chi connectivity index (χ3n) is 4.95. The van der Waals surface area contributed by atoms with Gasteiger partial charge in [0.25, 0.3) is 0 Å². The first kappa shape index (κ1) is 25.1. The van der Waals surface area contributed by atoms with Crippen molar-refractivity contribution in [2.75, 3.05) is 0 Å². The molecule has 6 N–H and O–H groups in total. The van der Waals surface area contributed by atoms with Crippen LogP contribution in [-0.4, -0.2) is 55.1 Å². The SMILES string of the molecule is C=CCc1ccc(C=C(O)[C@@H](O)[C@@H](O)[C@H](O)[C@@H](O)C(O)=Cc2ccc(CC=C)cc2)cc1. The Labute approximate surface area is 188 Å². The van der Waals surface area contributed by atoms with E-state index in [2.05, 4.69) is 13.2 Å². The molecule has 0 amide bonds. The maximum atomic E-state index is 10.2. The monoisotopic (exact) mass is 438 g/mol. The molecule has 6 heteroatoms. The fourth-order valence-electron chi connectivity index (χ4n) is 3.07. The molecule has 6 nitrogen and oxygen atoms in total. The second-order valence-electron chi connectivity index (χ2n) is 7.48. The van der Waals surface area contributed by atoms with Crippen LogP contribution in [0.25, 0.3) is 12.2 Å². The van der Waals surface area contributed by atoms with Crippen LogP contribution in [0.4, 0.5) is 0 Å². The fraction of sp³-hybridized carbons (Fsp3) is 0.231. The number of rotatable bonds is 11. The molecule has 32 heavy (non-hydrogen) atoms. The van der Waals surface area contributed by atoms with Gasteiger partial charge in [-0.25, -0.2) is 0 Å². The van der Waals surface area contributed by atoms with Crippen molar-refractivity contribution in [1.82, 2.24) is 0 Å². The molecule has 0 radical (unpaired) electrons. The van der Waals surface area contributed by atoms with Gasteiger partial charge in [0.05, 0.1) is 0 Å². The molecule has 0 fully saturated rings. The van der Waals surface area contributed by atoms with Gasteiger partial charge in [-0.05, 0) is 47.2 Å². The molecular weight excluding hydrogens is 408 g/mol. The molecule has 2 rings (SSSR count). The summed E-state index contributed by atoms with van der Waals surface area (Å²) in [7, 11) is 0. The first-order chi connectivity index (χ1) is 15.3. The van der Waals surface area contributed by atoms with Crippen molar-refractivity contribution >= 4 is 12.2 Å². The molecule has 0 aliphatic rings. The van der Waals surface area contributed by atoms with Crippen LogP contribution in [0.2, 0.25) is 0 Å². The van der Waals surface area contributed by atoms with Crippen LogP contribution in [0, 0.1) is 0 Å². The Balaban J connectivity index is 2.06. The molecule has 0 aliphatic heterocycles. The standard InChI is InChI=1S/C26H30O6/c1-3-5-17-7-11-19(12-8-17)15-21(27)23(29)25(31)26(32)24(30)22(28)16-20-13-9-18(6-4-2)10-14-20/h3-4,7-16,23-32H,1-2,5-6H2/t23-,24+,25-,26-/m1/s1. The summed E-state index contributed by atoms with van der Waals surface area (Å²) in [5.41, 5.74) is 3.18. The average molecular weight is 439 g/mol. The van der Waals surface area contributed by atoms with E-state index in [9.17, 15) is 30.6 Å². The Kier molecular flexibility index (Phi) is 9.43. The van der Waals surface area contributed by atoms with Crippen molar-refractivity contribution in [2.24, 2.45) is 0 Å². The summed E-state index contributed by atoms with van der Waals surface area (Å²) >= 11 is 0. The van der Waals surface area contributed by atoms with E-state index in [4.69, 9.17) is 0 Å². The van der Waals surface area contributed by atoms with E-state index in [-0.39, 0.29) is 0 Å². The summed E-state index contributed by atoms with van der Waals surface area (Å²) in [6, 6.07) is 14.2. The summed E-state index contributed by atoms with van der Waals surface area (Å²) in [5, 5.41) is 61.1. The molecule has 0 spiro atoms. The minimum Gasteiger partial charge on any atom is -0.509 e. The van der Waals surface area contributed by atoms with E-state index in [1.807, 2.05) is 24.3 Å². The molecule has 170 valence electrons. The van der Waals surface area contributed by atoms with Crippen molar-refractivity contribution in [1.29, 1.82) is 0 Å². The van der Waals surface area contributed by atoms with E-state index in [0.29, 0.717) is 24.0 Å². The zero-order valence-corrected chi connectivity index (χ0v) is 17.7. The topological polar surface area (TPSA) is 121 Å². The summed E-state index contributed by atoms with van der Waals surface area (Å²) in [6.45, 7) is 7.33. The minimum absolute atomic E-state index is 0.569. The molecule has 0 aromatic heterocycles. The van der Waals surface area contributed by atoms with Crippen molar-refractivity contribution < 1.29 is 30.6 Å². The molecule has 0 saturated heterocycles. The van der Waals surface area contributed by atoms with Gasteiger partial charge in [0.15, 0.2) is 0 Å². The van der Waals surface area contributed by atoms with Crippen molar-refractivity contribution in [2.45, 2.75) is 37.3 Å². The Hall–Kier alpha value is -3.16. The lowest BCUT2D eigenvalue weighted by Crippen LogP contribution is -2.45. The number of hydrogen-bond acceptors (Lipinski definition) is 6. The Morgan fingerprint density at radius 3 is 1.22 bits per heavy atom. The lowest BCUT2D eigenvalue weighted by Gasteiger charge is -2.26. The molecule has 4 atom stereocenters. The van der Waals surface area contributed by atoms with Crippen LogP contribution in [0.1, 0.15) is 22.3 Å². The van der Waals surface area contributed by atoms with Gasteiger partial charge in [-0.3, -0.25) is 0 Å². The highest BCUT2D eigenvalue weighted by atomic mass is 16.4. The second-order valence-corrected chi connectivity index (χ2v) is 7.48. The van der Waals surface area contributed by atoms with E-state index in [1.165, 1.54) is 12.2 Å². The summed E-state index contributed by atoms with van der Waals surface area (Å²) in [5.74, 6) is -1.19. The van der Waals surface area contributed by atoms with E-state index >= 15 is 0 Å². The maximum absolute atomic E-state index is 10.2. The molecule has 0 unspecified atom stereocenters. The molecule has 0 bridgehead atoms. The van der Waals surface area contributed by atoms with Crippen LogP contribution in [0.5, 0.6) is 0 Å². The summed E-state index contributed by atoms with van der Waals surface area (Å²) in [4.78, 5) is 0. The predicted molar refractivity (Wildman–Crippen MR) is 126 cm³/mol. The third kappa shape index (κ3) is 6.93. The lowest BCUT2D eigenvalue weighted by molar-refractivity contribution is -0.0996. The molecule has 2 aromatic carbocycles.